The number of aliphatic hydroxyl groups excluding tert-OH is 1. The molecule has 20 heavy (non-hydrogen) atoms. The second-order valence-electron chi connectivity index (χ2n) is 4.84. The third kappa shape index (κ3) is 3.80. The van der Waals surface area contributed by atoms with E-state index < -0.39 is 0 Å². The molecule has 0 unspecified atom stereocenters. The number of aromatic nitrogens is 2. The fourth-order valence-corrected chi connectivity index (χ4v) is 2.87. The van der Waals surface area contributed by atoms with Crippen LogP contribution in [0.15, 0.2) is 10.8 Å². The van der Waals surface area contributed by atoms with Crippen LogP contribution in [0, 0.1) is 0 Å². The van der Waals surface area contributed by atoms with Crippen molar-refractivity contribution in [1.82, 2.24) is 14.9 Å². The molecule has 1 aliphatic heterocycles. The van der Waals surface area contributed by atoms with Crippen LogP contribution in [-0.4, -0.2) is 65.8 Å². The van der Waals surface area contributed by atoms with E-state index in [1.807, 2.05) is 0 Å². The third-order valence-electron chi connectivity index (χ3n) is 3.40. The highest BCUT2D eigenvalue weighted by Gasteiger charge is 2.20. The van der Waals surface area contributed by atoms with Gasteiger partial charge in [0, 0.05) is 39.3 Å². The predicted molar refractivity (Wildman–Crippen MR) is 84.3 cm³/mol. The van der Waals surface area contributed by atoms with E-state index in [0.29, 0.717) is 0 Å². The Morgan fingerprint density at radius 3 is 2.70 bits per heavy atom. The molecule has 0 aromatic carbocycles. The lowest BCUT2D eigenvalue weighted by Gasteiger charge is -2.35. The Hall–Kier alpha value is -0.920. The number of aliphatic hydroxyl groups is 1. The van der Waals surface area contributed by atoms with Gasteiger partial charge in [-0.15, -0.1) is 0 Å². The summed E-state index contributed by atoms with van der Waals surface area (Å²) in [5.41, 5.74) is 0. The van der Waals surface area contributed by atoms with Crippen molar-refractivity contribution in [3.05, 3.63) is 10.8 Å². The normalized spacial score (nSPS) is 16.4. The Balaban J connectivity index is 2.02. The Kier molecular flexibility index (Phi) is 6.00. The number of nitrogens with one attached hydrogen (secondary N) is 1. The molecular weight excluding hydrogens is 322 g/mol. The lowest BCUT2D eigenvalue weighted by atomic mass is 10.3. The highest BCUT2D eigenvalue weighted by molar-refractivity contribution is 9.10. The smallest absolute Gasteiger partial charge is 0.148 e. The monoisotopic (exact) mass is 343 g/mol. The lowest BCUT2D eigenvalue weighted by molar-refractivity contribution is 0.188. The van der Waals surface area contributed by atoms with Gasteiger partial charge in [-0.05, 0) is 22.4 Å². The zero-order valence-corrected chi connectivity index (χ0v) is 13.4. The quantitative estimate of drug-likeness (QED) is 0.808. The fraction of sp³-hybridized carbons (Fsp3) is 0.692. The van der Waals surface area contributed by atoms with E-state index in [1.165, 1.54) is 0 Å². The average Bonchev–Trinajstić information content (AvgIpc) is 2.48. The maximum absolute atomic E-state index is 8.97. The van der Waals surface area contributed by atoms with E-state index in [9.17, 15) is 0 Å². The average molecular weight is 344 g/mol. The lowest BCUT2D eigenvalue weighted by Crippen LogP contribution is -2.47. The molecule has 1 fully saturated rings. The highest BCUT2D eigenvalue weighted by Crippen LogP contribution is 2.29. The molecule has 2 rings (SSSR count). The van der Waals surface area contributed by atoms with E-state index in [4.69, 9.17) is 5.11 Å². The maximum Gasteiger partial charge on any atom is 0.148 e. The van der Waals surface area contributed by atoms with Gasteiger partial charge in [0.15, 0.2) is 0 Å². The van der Waals surface area contributed by atoms with Gasteiger partial charge in [-0.3, -0.25) is 4.90 Å². The zero-order valence-electron chi connectivity index (χ0n) is 11.8. The first kappa shape index (κ1) is 15.5. The summed E-state index contributed by atoms with van der Waals surface area (Å²) in [7, 11) is 0. The molecule has 0 saturated carbocycles. The fourth-order valence-electron chi connectivity index (χ4n) is 2.27. The number of anilines is 2. The minimum atomic E-state index is 0.224. The second kappa shape index (κ2) is 7.75. The van der Waals surface area contributed by atoms with Crippen LogP contribution in [0.4, 0.5) is 11.6 Å². The van der Waals surface area contributed by atoms with Crippen LogP contribution >= 0.6 is 15.9 Å². The topological polar surface area (TPSA) is 64.5 Å². The summed E-state index contributed by atoms with van der Waals surface area (Å²) < 4.78 is 0.934. The van der Waals surface area contributed by atoms with Gasteiger partial charge in [0.2, 0.25) is 0 Å². The number of hydrogen-bond acceptors (Lipinski definition) is 6. The number of halogens is 1. The van der Waals surface area contributed by atoms with Crippen LogP contribution in [-0.2, 0) is 0 Å². The van der Waals surface area contributed by atoms with Crippen LogP contribution in [0.1, 0.15) is 13.3 Å². The van der Waals surface area contributed by atoms with Crippen molar-refractivity contribution < 1.29 is 5.11 Å². The molecule has 2 heterocycles. The molecular formula is C13H22BrN5O. The van der Waals surface area contributed by atoms with Gasteiger partial charge in [-0.25, -0.2) is 9.97 Å². The molecule has 1 aromatic heterocycles. The molecule has 0 aliphatic carbocycles. The van der Waals surface area contributed by atoms with Gasteiger partial charge in [0.25, 0.3) is 0 Å². The molecule has 1 aliphatic rings. The van der Waals surface area contributed by atoms with Crippen molar-refractivity contribution >= 4 is 27.6 Å². The van der Waals surface area contributed by atoms with Crippen molar-refractivity contribution in [2.45, 2.75) is 13.3 Å². The first-order chi connectivity index (χ1) is 9.76. The summed E-state index contributed by atoms with van der Waals surface area (Å²) in [6.45, 7) is 7.75. The third-order valence-corrected chi connectivity index (χ3v) is 4.13. The number of piperazine rings is 1. The van der Waals surface area contributed by atoms with E-state index in [-0.39, 0.29) is 6.61 Å². The van der Waals surface area contributed by atoms with E-state index in [1.54, 1.807) is 6.33 Å². The minimum absolute atomic E-state index is 0.224. The molecule has 6 nitrogen and oxygen atoms in total. The van der Waals surface area contributed by atoms with E-state index >= 15 is 0 Å². The standard InChI is InChI=1S/C13H22BrN5O/c1-2-3-15-12-11(14)13(17-10-16-12)19-6-4-18(5-7-19)8-9-20/h10,20H,2-9H2,1H3,(H,15,16,17). The summed E-state index contributed by atoms with van der Waals surface area (Å²) in [5.74, 6) is 1.80. The molecule has 0 spiro atoms. The first-order valence-electron chi connectivity index (χ1n) is 7.08. The Morgan fingerprint density at radius 2 is 2.05 bits per heavy atom. The van der Waals surface area contributed by atoms with Gasteiger partial charge in [0.05, 0.1) is 6.61 Å². The van der Waals surface area contributed by atoms with Crippen molar-refractivity contribution in [2.75, 3.05) is 56.1 Å². The molecule has 0 radical (unpaired) electrons. The van der Waals surface area contributed by atoms with Gasteiger partial charge in [-0.1, -0.05) is 6.92 Å². The Labute approximate surface area is 128 Å². The molecule has 2 N–H and O–H groups in total. The van der Waals surface area contributed by atoms with Crippen molar-refractivity contribution in [3.63, 3.8) is 0 Å². The van der Waals surface area contributed by atoms with Crippen LogP contribution in [0.25, 0.3) is 0 Å². The number of hydrogen-bond donors (Lipinski definition) is 2. The van der Waals surface area contributed by atoms with Crippen molar-refractivity contribution in [2.24, 2.45) is 0 Å². The SMILES string of the molecule is CCCNc1ncnc(N2CCN(CCO)CC2)c1Br. The molecule has 112 valence electrons. The van der Waals surface area contributed by atoms with Gasteiger partial charge < -0.3 is 15.3 Å². The second-order valence-corrected chi connectivity index (χ2v) is 5.63. The molecule has 0 bridgehead atoms. The molecule has 0 atom stereocenters. The number of nitrogens with zero attached hydrogens (tertiary/aromatic N) is 4. The van der Waals surface area contributed by atoms with Crippen molar-refractivity contribution in [1.29, 1.82) is 0 Å². The summed E-state index contributed by atoms with van der Waals surface area (Å²) >= 11 is 3.61. The van der Waals surface area contributed by atoms with Gasteiger partial charge in [0.1, 0.15) is 22.4 Å². The molecule has 0 amide bonds. The van der Waals surface area contributed by atoms with E-state index in [2.05, 4.69) is 47.9 Å². The maximum atomic E-state index is 8.97. The van der Waals surface area contributed by atoms with E-state index in [0.717, 1.165) is 61.8 Å². The first-order valence-corrected chi connectivity index (χ1v) is 7.88. The molecule has 1 aromatic rings. The summed E-state index contributed by atoms with van der Waals surface area (Å²) in [5, 5.41) is 12.3. The van der Waals surface area contributed by atoms with Crippen LogP contribution < -0.4 is 10.2 Å². The summed E-state index contributed by atoms with van der Waals surface area (Å²) in [4.78, 5) is 13.2. The Bertz CT molecular complexity index is 423. The van der Waals surface area contributed by atoms with Crippen LogP contribution in [0.3, 0.4) is 0 Å². The van der Waals surface area contributed by atoms with Crippen LogP contribution in [0.5, 0.6) is 0 Å². The largest absolute Gasteiger partial charge is 0.395 e. The molecule has 1 saturated heterocycles. The van der Waals surface area contributed by atoms with Gasteiger partial charge in [-0.2, -0.15) is 0 Å². The number of rotatable bonds is 6. The zero-order chi connectivity index (χ0) is 14.4. The predicted octanol–water partition coefficient (Wildman–Crippen LogP) is 1.18. The minimum Gasteiger partial charge on any atom is -0.395 e. The summed E-state index contributed by atoms with van der Waals surface area (Å²) in [6.07, 6.45) is 2.67. The summed E-state index contributed by atoms with van der Waals surface area (Å²) in [6, 6.07) is 0. The Morgan fingerprint density at radius 1 is 1.30 bits per heavy atom. The van der Waals surface area contributed by atoms with Crippen molar-refractivity contribution in [3.8, 4) is 0 Å². The van der Waals surface area contributed by atoms with Crippen LogP contribution in [0.2, 0.25) is 0 Å². The highest BCUT2D eigenvalue weighted by atomic mass is 79.9. The molecule has 7 heteroatoms. The number of β-amino-alcohol motifs (C(OH)–C–C–N with tert-alkyl or cyclic N) is 1. The van der Waals surface area contributed by atoms with Gasteiger partial charge >= 0.3 is 0 Å².